The van der Waals surface area contributed by atoms with Crippen LogP contribution in [0.2, 0.25) is 0 Å². The maximum Gasteiger partial charge on any atom is 0.306 e. The minimum Gasteiger partial charge on any atom is -0.545 e. The van der Waals surface area contributed by atoms with Gasteiger partial charge in [0.05, 0.1) is 40.3 Å². The summed E-state index contributed by atoms with van der Waals surface area (Å²) in [4.78, 5) is 37.3. The molecule has 0 aromatic carbocycles. The van der Waals surface area contributed by atoms with Crippen LogP contribution < -0.4 is 5.11 Å². The number of carboxylic acid groups (broad SMARTS) is 1. The molecule has 0 spiro atoms. The van der Waals surface area contributed by atoms with Gasteiger partial charge in [0.2, 0.25) is 0 Å². The van der Waals surface area contributed by atoms with Crippen molar-refractivity contribution >= 4 is 17.9 Å². The summed E-state index contributed by atoms with van der Waals surface area (Å²) in [6, 6.07) is 0. The van der Waals surface area contributed by atoms with E-state index in [0.717, 1.165) is 103 Å². The van der Waals surface area contributed by atoms with Crippen molar-refractivity contribution in [2.24, 2.45) is 0 Å². The molecule has 0 aromatic rings. The summed E-state index contributed by atoms with van der Waals surface area (Å²) in [5.41, 5.74) is 0. The van der Waals surface area contributed by atoms with E-state index in [2.05, 4.69) is 111 Å². The van der Waals surface area contributed by atoms with Gasteiger partial charge in [0.1, 0.15) is 13.2 Å². The van der Waals surface area contributed by atoms with Gasteiger partial charge in [-0.25, -0.2) is 0 Å². The fraction of sp³-hybridized carbons (Fsp3) is 0.716. The van der Waals surface area contributed by atoms with Gasteiger partial charge in [-0.05, 0) is 96.3 Å². The standard InChI is InChI=1S/C67H115NO8/c1-6-8-10-12-14-16-18-20-22-23-24-25-26-27-28-29-30-31-32-33-34-35-36-37-38-39-40-41-42-43-44-46-48-50-52-54-56-58-65(70)76-63(62-75-67(66(71)72)73-60-59-68(3,4)5)61-74-64(69)57-55-53-51-49-47-45-21-19-17-15-13-11-9-7-2/h8,10,14,16,19-22,24-25,27-28,30-31,33-34,63,67H,6-7,9,11-13,15,17-18,23,26,29,32,35-62H2,1-5H3/b10-8-,16-14-,21-19-,22-20-,25-24-,28-27-,31-30-,34-33-. The number of nitrogens with zero attached hydrogens (tertiary/aromatic N) is 1. The molecule has 0 amide bonds. The Morgan fingerprint density at radius 2 is 0.750 bits per heavy atom. The highest BCUT2D eigenvalue weighted by atomic mass is 16.7. The second kappa shape index (κ2) is 57.4. The van der Waals surface area contributed by atoms with Crippen LogP contribution in [0.3, 0.4) is 0 Å². The molecule has 436 valence electrons. The lowest BCUT2D eigenvalue weighted by molar-refractivity contribution is -0.870. The largest absolute Gasteiger partial charge is 0.545 e. The van der Waals surface area contributed by atoms with Gasteiger partial charge >= 0.3 is 11.9 Å². The molecule has 0 radical (unpaired) electrons. The lowest BCUT2D eigenvalue weighted by Crippen LogP contribution is -2.44. The Kier molecular flexibility index (Phi) is 54.5. The summed E-state index contributed by atoms with van der Waals surface area (Å²) in [7, 11) is 5.92. The first-order valence-corrected chi connectivity index (χ1v) is 30.9. The molecule has 0 aliphatic carbocycles. The molecule has 0 rings (SSSR count). The molecule has 9 heteroatoms. The number of quaternary nitrogens is 1. The fourth-order valence-corrected chi connectivity index (χ4v) is 8.34. The first kappa shape index (κ1) is 72.2. The van der Waals surface area contributed by atoms with Crippen molar-refractivity contribution in [1.29, 1.82) is 0 Å². The molecule has 9 nitrogen and oxygen atoms in total. The van der Waals surface area contributed by atoms with Crippen LogP contribution in [-0.4, -0.2) is 82.3 Å². The molecule has 2 unspecified atom stereocenters. The second-order valence-corrected chi connectivity index (χ2v) is 21.6. The van der Waals surface area contributed by atoms with Gasteiger partial charge in [-0.1, -0.05) is 239 Å². The molecule has 0 aliphatic heterocycles. The third-order valence-corrected chi connectivity index (χ3v) is 13.1. The highest BCUT2D eigenvalue weighted by Crippen LogP contribution is 2.16. The Hall–Kier alpha value is -3.79. The van der Waals surface area contributed by atoms with E-state index < -0.39 is 24.3 Å². The Balaban J connectivity index is 4.09. The minimum absolute atomic E-state index is 0.144. The number of carbonyl (C=O) groups excluding carboxylic acids is 3. The fourth-order valence-electron chi connectivity index (χ4n) is 8.34. The predicted molar refractivity (Wildman–Crippen MR) is 320 cm³/mol. The van der Waals surface area contributed by atoms with E-state index in [4.69, 9.17) is 18.9 Å². The molecule has 76 heavy (non-hydrogen) atoms. The highest BCUT2D eigenvalue weighted by Gasteiger charge is 2.22. The number of aliphatic carboxylic acids is 1. The van der Waals surface area contributed by atoms with Crippen molar-refractivity contribution in [3.05, 3.63) is 97.2 Å². The monoisotopic (exact) mass is 1060 g/mol. The number of allylic oxidation sites excluding steroid dienone is 16. The van der Waals surface area contributed by atoms with Crippen molar-refractivity contribution in [1.82, 2.24) is 0 Å². The first-order chi connectivity index (χ1) is 37.1. The topological polar surface area (TPSA) is 111 Å². The quantitative estimate of drug-likeness (QED) is 0.0195. The van der Waals surface area contributed by atoms with E-state index in [1.54, 1.807) is 0 Å². The van der Waals surface area contributed by atoms with Crippen LogP contribution in [0.15, 0.2) is 97.2 Å². The minimum atomic E-state index is -1.63. The Morgan fingerprint density at radius 1 is 0.408 bits per heavy atom. The number of hydrogen-bond acceptors (Lipinski definition) is 8. The van der Waals surface area contributed by atoms with Crippen molar-refractivity contribution in [3.8, 4) is 0 Å². The van der Waals surface area contributed by atoms with Crippen LogP contribution in [0.5, 0.6) is 0 Å². The van der Waals surface area contributed by atoms with Gasteiger partial charge in [0.15, 0.2) is 12.4 Å². The number of carbonyl (C=O) groups is 3. The molecule has 0 aliphatic rings. The number of ether oxygens (including phenoxy) is 4. The van der Waals surface area contributed by atoms with Crippen LogP contribution >= 0.6 is 0 Å². The van der Waals surface area contributed by atoms with Crippen molar-refractivity contribution in [3.63, 3.8) is 0 Å². The van der Waals surface area contributed by atoms with Gasteiger partial charge < -0.3 is 33.3 Å². The van der Waals surface area contributed by atoms with Gasteiger partial charge in [0.25, 0.3) is 0 Å². The van der Waals surface area contributed by atoms with Crippen molar-refractivity contribution in [2.45, 2.75) is 264 Å². The molecule has 0 bridgehead atoms. The number of likely N-dealkylation sites (N-methyl/N-ethyl adjacent to an activating group) is 1. The zero-order valence-electron chi connectivity index (χ0n) is 49.6. The molecule has 0 saturated carbocycles. The van der Waals surface area contributed by atoms with Gasteiger partial charge in [-0.15, -0.1) is 0 Å². The Bertz CT molecular complexity index is 1570. The van der Waals surface area contributed by atoms with E-state index in [9.17, 15) is 19.5 Å². The molecular weight excluding hydrogens is 947 g/mol. The van der Waals surface area contributed by atoms with Crippen LogP contribution in [0, 0.1) is 0 Å². The van der Waals surface area contributed by atoms with E-state index in [-0.39, 0.29) is 38.6 Å². The van der Waals surface area contributed by atoms with Gasteiger partial charge in [0, 0.05) is 12.8 Å². The summed E-state index contributed by atoms with van der Waals surface area (Å²) < 4.78 is 22.7. The Morgan fingerprint density at radius 3 is 1.13 bits per heavy atom. The van der Waals surface area contributed by atoms with Crippen molar-refractivity contribution < 1.29 is 42.9 Å². The maximum absolute atomic E-state index is 12.9. The first-order valence-electron chi connectivity index (χ1n) is 30.9. The maximum atomic E-state index is 12.9. The average Bonchev–Trinajstić information content (AvgIpc) is 3.39. The second-order valence-electron chi connectivity index (χ2n) is 21.6. The molecule has 0 heterocycles. The van der Waals surface area contributed by atoms with Crippen LogP contribution in [-0.2, 0) is 33.3 Å². The summed E-state index contributed by atoms with van der Waals surface area (Å²) in [5, 5.41) is 11.8. The predicted octanol–water partition coefficient (Wildman–Crippen LogP) is 17.2. The molecule has 0 fully saturated rings. The lowest BCUT2D eigenvalue weighted by Gasteiger charge is -2.26. The van der Waals surface area contributed by atoms with E-state index in [1.807, 2.05) is 21.1 Å². The molecule has 2 atom stereocenters. The molecule has 0 N–H and O–H groups in total. The number of rotatable bonds is 56. The van der Waals surface area contributed by atoms with Crippen LogP contribution in [0.1, 0.15) is 251 Å². The van der Waals surface area contributed by atoms with E-state index in [1.165, 1.54) is 116 Å². The third-order valence-electron chi connectivity index (χ3n) is 13.1. The number of unbranched alkanes of at least 4 members (excludes halogenated alkanes) is 25. The molecule has 0 aromatic heterocycles. The van der Waals surface area contributed by atoms with Crippen molar-refractivity contribution in [2.75, 3.05) is 47.5 Å². The zero-order chi connectivity index (χ0) is 55.5. The third kappa shape index (κ3) is 57.9. The zero-order valence-corrected chi connectivity index (χ0v) is 49.6. The van der Waals surface area contributed by atoms with Crippen LogP contribution in [0.25, 0.3) is 0 Å². The summed E-state index contributed by atoms with van der Waals surface area (Å²) in [5.74, 6) is -2.29. The molecular formula is C67H115NO8. The lowest BCUT2D eigenvalue weighted by atomic mass is 10.0. The summed E-state index contributed by atoms with van der Waals surface area (Å²) >= 11 is 0. The number of hydrogen-bond donors (Lipinski definition) is 0. The van der Waals surface area contributed by atoms with E-state index in [0.29, 0.717) is 17.4 Å². The van der Waals surface area contributed by atoms with Gasteiger partial charge in [-0.2, -0.15) is 0 Å². The highest BCUT2D eigenvalue weighted by molar-refractivity contribution is 5.70. The normalized spacial score (nSPS) is 13.4. The van der Waals surface area contributed by atoms with Crippen LogP contribution in [0.4, 0.5) is 0 Å². The summed E-state index contributed by atoms with van der Waals surface area (Å²) in [6.45, 7) is 4.62. The number of esters is 2. The Labute approximate surface area is 467 Å². The SMILES string of the molecule is CC/C=C\C/C=C\C/C=C\C/C=C\C/C=C\C/C=C\C/C=C\CCCCCCCCCCCCCCCCCC(=O)OC(COC(=O)CCCCCCC/C=C\CCCCCCC)COC(OCC[N+](C)(C)C)C(=O)[O-]. The molecule has 0 saturated heterocycles. The number of carboxylic acids is 1. The van der Waals surface area contributed by atoms with Gasteiger partial charge in [-0.3, -0.25) is 9.59 Å². The smallest absolute Gasteiger partial charge is 0.306 e. The van der Waals surface area contributed by atoms with E-state index >= 15 is 0 Å². The average molecular weight is 1060 g/mol. The summed E-state index contributed by atoms with van der Waals surface area (Å²) in [6.07, 6.45) is 74.7.